The highest BCUT2D eigenvalue weighted by Crippen LogP contribution is 2.15. The van der Waals surface area contributed by atoms with Crippen LogP contribution in [-0.4, -0.2) is 14.5 Å². The molecule has 2 rings (SSSR count). The van der Waals surface area contributed by atoms with E-state index >= 15 is 0 Å². The Bertz CT molecular complexity index is 390. The van der Waals surface area contributed by atoms with Crippen molar-refractivity contribution in [2.24, 2.45) is 7.05 Å². The average molecular weight is 148 g/mol. The van der Waals surface area contributed by atoms with Gasteiger partial charge < -0.3 is 10.3 Å². The van der Waals surface area contributed by atoms with Crippen molar-refractivity contribution in [1.29, 1.82) is 0 Å². The molecule has 0 radical (unpaired) electrons. The summed E-state index contributed by atoms with van der Waals surface area (Å²) in [5.74, 6) is 0.530. The van der Waals surface area contributed by atoms with Gasteiger partial charge in [0, 0.05) is 13.2 Å². The summed E-state index contributed by atoms with van der Waals surface area (Å²) in [4.78, 5) is 7.94. The average Bonchev–Trinajstić information content (AvgIpc) is 2.34. The number of nitrogens with zero attached hydrogens (tertiary/aromatic N) is 3. The summed E-state index contributed by atoms with van der Waals surface area (Å²) in [7, 11) is 1.92. The fourth-order valence-electron chi connectivity index (χ4n) is 1.15. The van der Waals surface area contributed by atoms with Crippen LogP contribution >= 0.6 is 0 Å². The highest BCUT2D eigenvalue weighted by atomic mass is 15.0. The molecule has 0 atom stereocenters. The molecule has 4 nitrogen and oxygen atoms in total. The van der Waals surface area contributed by atoms with Crippen LogP contribution in [0.5, 0.6) is 0 Å². The van der Waals surface area contributed by atoms with E-state index in [0.717, 1.165) is 11.0 Å². The van der Waals surface area contributed by atoms with Crippen molar-refractivity contribution in [2.75, 3.05) is 5.73 Å². The van der Waals surface area contributed by atoms with E-state index in [1.54, 1.807) is 0 Å². The Morgan fingerprint density at radius 1 is 1.45 bits per heavy atom. The Labute approximate surface area is 63.7 Å². The maximum absolute atomic E-state index is 5.63. The zero-order valence-corrected chi connectivity index (χ0v) is 6.15. The maximum atomic E-state index is 5.63. The number of nitrogen functional groups attached to an aromatic ring is 1. The van der Waals surface area contributed by atoms with Crippen molar-refractivity contribution >= 4 is 16.9 Å². The minimum atomic E-state index is 0.530. The first-order valence-electron chi connectivity index (χ1n) is 3.30. The molecule has 56 valence electrons. The largest absolute Gasteiger partial charge is 0.382 e. The third kappa shape index (κ3) is 0.756. The molecule has 0 amide bonds. The monoisotopic (exact) mass is 148 g/mol. The van der Waals surface area contributed by atoms with E-state index in [4.69, 9.17) is 5.73 Å². The zero-order valence-electron chi connectivity index (χ0n) is 6.15. The van der Waals surface area contributed by atoms with Gasteiger partial charge in [0.25, 0.3) is 0 Å². The fourth-order valence-corrected chi connectivity index (χ4v) is 1.15. The van der Waals surface area contributed by atoms with Gasteiger partial charge in [-0.2, -0.15) is 0 Å². The van der Waals surface area contributed by atoms with E-state index in [9.17, 15) is 0 Å². The molecule has 2 aromatic rings. The lowest BCUT2D eigenvalue weighted by Crippen LogP contribution is -1.95. The van der Waals surface area contributed by atoms with Crippen molar-refractivity contribution in [2.45, 2.75) is 0 Å². The lowest BCUT2D eigenvalue weighted by Gasteiger charge is -1.96. The van der Waals surface area contributed by atoms with E-state index < -0.39 is 0 Å². The molecule has 4 heteroatoms. The lowest BCUT2D eigenvalue weighted by atomic mass is 10.4. The minimum absolute atomic E-state index is 0.530. The molecule has 0 aliphatic heterocycles. The summed E-state index contributed by atoms with van der Waals surface area (Å²) in [6.07, 6.45) is 3.38. The van der Waals surface area contributed by atoms with E-state index in [-0.39, 0.29) is 0 Å². The lowest BCUT2D eigenvalue weighted by molar-refractivity contribution is 0.965. The van der Waals surface area contributed by atoms with Gasteiger partial charge in [0.05, 0.1) is 5.52 Å². The molecule has 0 bridgehead atoms. The fraction of sp³-hybridized carbons (Fsp3) is 0.143. The molecule has 2 aromatic heterocycles. The summed E-state index contributed by atoms with van der Waals surface area (Å²) >= 11 is 0. The molecule has 0 aliphatic carbocycles. The summed E-state index contributed by atoms with van der Waals surface area (Å²) < 4.78 is 1.91. The quantitative estimate of drug-likeness (QED) is 0.593. The summed E-state index contributed by atoms with van der Waals surface area (Å²) in [6.45, 7) is 0. The molecule has 0 fully saturated rings. The SMILES string of the molecule is Cn1ccc2ncnc(N)c21. The van der Waals surface area contributed by atoms with Crippen LogP contribution in [0.1, 0.15) is 0 Å². The van der Waals surface area contributed by atoms with Gasteiger partial charge in [-0.15, -0.1) is 0 Å². The van der Waals surface area contributed by atoms with E-state index in [2.05, 4.69) is 9.97 Å². The van der Waals surface area contributed by atoms with E-state index in [1.807, 2.05) is 23.9 Å². The number of hydrogen-bond acceptors (Lipinski definition) is 3. The van der Waals surface area contributed by atoms with Crippen LogP contribution in [-0.2, 0) is 7.05 Å². The Morgan fingerprint density at radius 2 is 2.27 bits per heavy atom. The van der Waals surface area contributed by atoms with Crippen LogP contribution in [0.2, 0.25) is 0 Å². The van der Waals surface area contributed by atoms with Crippen molar-refractivity contribution in [3.05, 3.63) is 18.6 Å². The Hall–Kier alpha value is -1.58. The molecule has 0 aliphatic rings. The molecule has 0 unspecified atom stereocenters. The predicted octanol–water partition coefficient (Wildman–Crippen LogP) is 0.550. The molecule has 0 saturated carbocycles. The number of nitrogens with two attached hydrogens (primary N) is 1. The molecule has 2 N–H and O–H groups in total. The molecular formula is C7H8N4. The summed E-state index contributed by atoms with van der Waals surface area (Å²) in [5, 5.41) is 0. The van der Waals surface area contributed by atoms with Gasteiger partial charge in [-0.1, -0.05) is 0 Å². The molecule has 11 heavy (non-hydrogen) atoms. The van der Waals surface area contributed by atoms with Gasteiger partial charge in [0.1, 0.15) is 11.8 Å². The maximum Gasteiger partial charge on any atom is 0.151 e. The Balaban J connectivity index is 2.96. The number of hydrogen-bond donors (Lipinski definition) is 1. The highest BCUT2D eigenvalue weighted by Gasteiger charge is 2.01. The first kappa shape index (κ1) is 6.15. The normalized spacial score (nSPS) is 10.6. The second-order valence-electron chi connectivity index (χ2n) is 2.42. The van der Waals surface area contributed by atoms with Crippen LogP contribution < -0.4 is 5.73 Å². The second-order valence-corrected chi connectivity index (χ2v) is 2.42. The van der Waals surface area contributed by atoms with E-state index in [0.29, 0.717) is 5.82 Å². The van der Waals surface area contributed by atoms with Crippen molar-refractivity contribution in [3.8, 4) is 0 Å². The molecule has 0 aromatic carbocycles. The zero-order chi connectivity index (χ0) is 7.84. The first-order valence-corrected chi connectivity index (χ1v) is 3.30. The first-order chi connectivity index (χ1) is 5.29. The van der Waals surface area contributed by atoms with E-state index in [1.165, 1.54) is 6.33 Å². The van der Waals surface area contributed by atoms with Crippen LogP contribution in [0.25, 0.3) is 11.0 Å². The smallest absolute Gasteiger partial charge is 0.151 e. The third-order valence-corrected chi connectivity index (χ3v) is 1.69. The van der Waals surface area contributed by atoms with Crippen LogP contribution in [0.3, 0.4) is 0 Å². The number of anilines is 1. The van der Waals surface area contributed by atoms with Gasteiger partial charge in [-0.25, -0.2) is 9.97 Å². The number of aromatic nitrogens is 3. The number of aryl methyl sites for hydroxylation is 1. The molecule has 0 spiro atoms. The second kappa shape index (κ2) is 1.95. The van der Waals surface area contributed by atoms with Crippen molar-refractivity contribution in [1.82, 2.24) is 14.5 Å². The van der Waals surface area contributed by atoms with Crippen molar-refractivity contribution < 1.29 is 0 Å². The Kier molecular flexibility index (Phi) is 1.09. The number of rotatable bonds is 0. The van der Waals surface area contributed by atoms with Gasteiger partial charge in [-0.3, -0.25) is 0 Å². The summed E-state index contributed by atoms with van der Waals surface area (Å²) in [5.41, 5.74) is 7.41. The van der Waals surface area contributed by atoms with Gasteiger partial charge in [-0.05, 0) is 6.07 Å². The predicted molar refractivity (Wildman–Crippen MR) is 42.9 cm³/mol. The van der Waals surface area contributed by atoms with Gasteiger partial charge in [0.2, 0.25) is 0 Å². The van der Waals surface area contributed by atoms with Crippen LogP contribution in [0.4, 0.5) is 5.82 Å². The third-order valence-electron chi connectivity index (χ3n) is 1.69. The summed E-state index contributed by atoms with van der Waals surface area (Å²) in [6, 6.07) is 1.91. The van der Waals surface area contributed by atoms with Gasteiger partial charge >= 0.3 is 0 Å². The molecule has 2 heterocycles. The molecule has 0 saturated heterocycles. The van der Waals surface area contributed by atoms with Crippen molar-refractivity contribution in [3.63, 3.8) is 0 Å². The van der Waals surface area contributed by atoms with Gasteiger partial charge in [0.15, 0.2) is 5.82 Å². The molecular weight excluding hydrogens is 140 g/mol. The van der Waals surface area contributed by atoms with Crippen LogP contribution in [0, 0.1) is 0 Å². The van der Waals surface area contributed by atoms with Crippen LogP contribution in [0.15, 0.2) is 18.6 Å². The standard InChI is InChI=1S/C7H8N4/c1-11-3-2-5-6(11)7(8)10-4-9-5/h2-4H,1H3,(H2,8,9,10). The highest BCUT2D eigenvalue weighted by molar-refractivity contribution is 5.84. The topological polar surface area (TPSA) is 56.7 Å². The minimum Gasteiger partial charge on any atom is -0.382 e. The number of fused-ring (bicyclic) bond motifs is 1. The Morgan fingerprint density at radius 3 is 3.00 bits per heavy atom.